The Morgan fingerprint density at radius 3 is 2.57 bits per heavy atom. The highest BCUT2D eigenvalue weighted by Crippen LogP contribution is 2.27. The maximum Gasteiger partial charge on any atom is 0.253 e. The first-order chi connectivity index (χ1) is 10.7. The van der Waals surface area contributed by atoms with E-state index in [-0.39, 0.29) is 11.3 Å². The van der Waals surface area contributed by atoms with E-state index in [1.54, 1.807) is 18.2 Å². The first kappa shape index (κ1) is 17.7. The van der Waals surface area contributed by atoms with E-state index < -0.39 is 10.0 Å². The van der Waals surface area contributed by atoms with E-state index in [4.69, 9.17) is 0 Å². The summed E-state index contributed by atoms with van der Waals surface area (Å²) in [5.74, 6) is -0.250. The van der Waals surface area contributed by atoms with Gasteiger partial charge in [-0.15, -0.1) is 0 Å². The van der Waals surface area contributed by atoms with Crippen LogP contribution in [0.3, 0.4) is 0 Å². The van der Waals surface area contributed by atoms with Gasteiger partial charge in [0.25, 0.3) is 5.91 Å². The molecule has 1 aliphatic rings. The second kappa shape index (κ2) is 6.88. The van der Waals surface area contributed by atoms with Crippen LogP contribution in [0.1, 0.15) is 35.7 Å². The van der Waals surface area contributed by atoms with Gasteiger partial charge in [0.15, 0.2) is 0 Å². The van der Waals surface area contributed by atoms with Gasteiger partial charge in [0.2, 0.25) is 10.0 Å². The Bertz CT molecular complexity index is 680. The molecule has 0 spiro atoms. The van der Waals surface area contributed by atoms with Crippen LogP contribution in [-0.4, -0.2) is 40.2 Å². The molecule has 0 atom stereocenters. The van der Waals surface area contributed by atoms with Crippen molar-refractivity contribution in [3.63, 3.8) is 0 Å². The summed E-state index contributed by atoms with van der Waals surface area (Å²) in [4.78, 5) is 12.5. The molecule has 0 bridgehead atoms. The zero-order valence-electron chi connectivity index (χ0n) is 13.9. The van der Waals surface area contributed by atoms with E-state index in [9.17, 15) is 13.2 Å². The number of benzene rings is 1. The van der Waals surface area contributed by atoms with Crippen LogP contribution in [-0.2, 0) is 10.0 Å². The normalized spacial score (nSPS) is 17.5. The summed E-state index contributed by atoms with van der Waals surface area (Å²) in [6.45, 7) is 6.53. The van der Waals surface area contributed by atoms with Crippen molar-refractivity contribution in [1.82, 2.24) is 10.6 Å². The van der Waals surface area contributed by atoms with Crippen molar-refractivity contribution in [2.24, 2.45) is 5.41 Å². The van der Waals surface area contributed by atoms with Crippen LogP contribution < -0.4 is 15.4 Å². The molecule has 1 aliphatic heterocycles. The van der Waals surface area contributed by atoms with Crippen molar-refractivity contribution in [1.29, 1.82) is 0 Å². The highest BCUT2D eigenvalue weighted by atomic mass is 32.2. The molecule has 1 fully saturated rings. The predicted molar refractivity (Wildman–Crippen MR) is 92.2 cm³/mol. The third-order valence-corrected chi connectivity index (χ3v) is 4.79. The fraction of sp³-hybridized carbons (Fsp3) is 0.562. The molecule has 0 saturated carbocycles. The van der Waals surface area contributed by atoms with Gasteiger partial charge in [-0.05, 0) is 50.4 Å². The Kier molecular flexibility index (Phi) is 5.31. The molecule has 0 radical (unpaired) electrons. The Labute approximate surface area is 138 Å². The number of carbonyl (C=O) groups excluding carboxylic acids is 1. The quantitative estimate of drug-likeness (QED) is 0.758. The molecular formula is C16H25N3O3S. The number of aryl methyl sites for hydroxylation is 1. The summed E-state index contributed by atoms with van der Waals surface area (Å²) in [5, 5.41) is 6.27. The second-order valence-corrected chi connectivity index (χ2v) is 8.42. The molecule has 7 heteroatoms. The molecule has 3 N–H and O–H groups in total. The van der Waals surface area contributed by atoms with Crippen molar-refractivity contribution in [2.45, 2.75) is 26.7 Å². The van der Waals surface area contributed by atoms with Crippen molar-refractivity contribution < 1.29 is 13.2 Å². The molecule has 1 aromatic carbocycles. The number of nitrogens with one attached hydrogen (secondary N) is 3. The fourth-order valence-corrected chi connectivity index (χ4v) is 3.31. The zero-order valence-corrected chi connectivity index (χ0v) is 14.7. The summed E-state index contributed by atoms with van der Waals surface area (Å²) in [6, 6.07) is 5.10. The molecule has 1 aromatic rings. The molecule has 6 nitrogen and oxygen atoms in total. The number of hydrogen-bond donors (Lipinski definition) is 3. The number of anilines is 1. The Balaban J connectivity index is 2.13. The minimum Gasteiger partial charge on any atom is -0.351 e. The van der Waals surface area contributed by atoms with Crippen LogP contribution in [0.5, 0.6) is 0 Å². The topological polar surface area (TPSA) is 87.3 Å². The molecule has 0 aliphatic carbocycles. The standard InChI is InChI=1S/C16H25N3O3S/c1-12-4-5-14(19-23(3,21)22)13(10-12)15(20)18-11-16(2)6-8-17-9-7-16/h4-5,10,17,19H,6-9,11H2,1-3H3,(H,18,20). The largest absolute Gasteiger partial charge is 0.351 e. The number of amides is 1. The fourth-order valence-electron chi connectivity index (χ4n) is 2.73. The summed E-state index contributed by atoms with van der Waals surface area (Å²) in [5.41, 5.74) is 1.65. The summed E-state index contributed by atoms with van der Waals surface area (Å²) < 4.78 is 25.3. The molecule has 1 amide bonds. The number of carbonyl (C=O) groups is 1. The third-order valence-electron chi connectivity index (χ3n) is 4.20. The molecule has 2 rings (SSSR count). The van der Waals surface area contributed by atoms with Gasteiger partial charge in [-0.1, -0.05) is 18.6 Å². The molecular weight excluding hydrogens is 314 g/mol. The van der Waals surface area contributed by atoms with Gasteiger partial charge < -0.3 is 10.6 Å². The maximum atomic E-state index is 12.5. The summed E-state index contributed by atoms with van der Waals surface area (Å²) in [6.07, 6.45) is 3.09. The number of rotatable bonds is 5. The first-order valence-corrected chi connectivity index (χ1v) is 9.65. The summed E-state index contributed by atoms with van der Waals surface area (Å²) >= 11 is 0. The minimum absolute atomic E-state index is 0.0785. The van der Waals surface area contributed by atoms with E-state index in [0.29, 0.717) is 17.8 Å². The Hall–Kier alpha value is -1.60. The molecule has 1 saturated heterocycles. The van der Waals surface area contributed by atoms with Gasteiger partial charge in [-0.2, -0.15) is 0 Å². The van der Waals surface area contributed by atoms with Crippen LogP contribution in [0.25, 0.3) is 0 Å². The number of piperidine rings is 1. The van der Waals surface area contributed by atoms with Gasteiger partial charge in [-0.3, -0.25) is 9.52 Å². The monoisotopic (exact) mass is 339 g/mol. The van der Waals surface area contributed by atoms with Crippen molar-refractivity contribution >= 4 is 21.6 Å². The third kappa shape index (κ3) is 5.21. The molecule has 128 valence electrons. The summed E-state index contributed by atoms with van der Waals surface area (Å²) in [7, 11) is -3.43. The smallest absolute Gasteiger partial charge is 0.253 e. The van der Waals surface area contributed by atoms with E-state index in [1.807, 2.05) is 6.92 Å². The Morgan fingerprint density at radius 2 is 1.96 bits per heavy atom. The lowest BCUT2D eigenvalue weighted by Crippen LogP contribution is -2.43. The van der Waals surface area contributed by atoms with Crippen LogP contribution in [0.2, 0.25) is 0 Å². The van der Waals surface area contributed by atoms with Gasteiger partial charge >= 0.3 is 0 Å². The highest BCUT2D eigenvalue weighted by molar-refractivity contribution is 7.92. The SMILES string of the molecule is Cc1ccc(NS(C)(=O)=O)c(C(=O)NCC2(C)CCNCC2)c1. The average Bonchev–Trinajstić information content (AvgIpc) is 2.46. The lowest BCUT2D eigenvalue weighted by atomic mass is 9.81. The molecule has 0 aromatic heterocycles. The second-order valence-electron chi connectivity index (χ2n) is 6.67. The van der Waals surface area contributed by atoms with Gasteiger partial charge in [0.05, 0.1) is 17.5 Å². The van der Waals surface area contributed by atoms with Crippen molar-refractivity contribution in [3.05, 3.63) is 29.3 Å². The van der Waals surface area contributed by atoms with E-state index in [1.165, 1.54) is 0 Å². The highest BCUT2D eigenvalue weighted by Gasteiger charge is 2.27. The predicted octanol–water partition coefficient (Wildman–Crippen LogP) is 1.49. The van der Waals surface area contributed by atoms with Gasteiger partial charge in [0, 0.05) is 6.54 Å². The number of hydrogen-bond acceptors (Lipinski definition) is 4. The minimum atomic E-state index is -3.43. The molecule has 0 unspecified atom stereocenters. The van der Waals surface area contributed by atoms with Crippen LogP contribution >= 0.6 is 0 Å². The lowest BCUT2D eigenvalue weighted by Gasteiger charge is -2.34. The van der Waals surface area contributed by atoms with Crippen LogP contribution in [0.15, 0.2) is 18.2 Å². The Morgan fingerprint density at radius 1 is 1.30 bits per heavy atom. The van der Waals surface area contributed by atoms with E-state index in [0.717, 1.165) is 37.8 Å². The van der Waals surface area contributed by atoms with E-state index in [2.05, 4.69) is 22.3 Å². The molecule has 1 heterocycles. The van der Waals surface area contributed by atoms with Gasteiger partial charge in [0.1, 0.15) is 0 Å². The van der Waals surface area contributed by atoms with Crippen molar-refractivity contribution in [2.75, 3.05) is 30.6 Å². The average molecular weight is 339 g/mol. The van der Waals surface area contributed by atoms with E-state index >= 15 is 0 Å². The number of sulfonamides is 1. The maximum absolute atomic E-state index is 12.5. The van der Waals surface area contributed by atoms with Gasteiger partial charge in [-0.25, -0.2) is 8.42 Å². The van der Waals surface area contributed by atoms with Crippen molar-refractivity contribution in [3.8, 4) is 0 Å². The van der Waals surface area contributed by atoms with Crippen LogP contribution in [0.4, 0.5) is 5.69 Å². The lowest BCUT2D eigenvalue weighted by molar-refractivity contribution is 0.0923. The zero-order chi connectivity index (χ0) is 17.1. The first-order valence-electron chi connectivity index (χ1n) is 7.76. The van der Waals surface area contributed by atoms with Crippen LogP contribution in [0, 0.1) is 12.3 Å². The molecule has 23 heavy (non-hydrogen) atoms.